The van der Waals surface area contributed by atoms with Crippen LogP contribution in [-0.2, 0) is 9.59 Å². The Balaban J connectivity index is 1.43. The molecule has 0 bridgehead atoms. The van der Waals surface area contributed by atoms with Crippen molar-refractivity contribution in [3.63, 3.8) is 0 Å². The molecule has 28 heavy (non-hydrogen) atoms. The molecule has 0 radical (unpaired) electrons. The third-order valence-electron chi connectivity index (χ3n) is 5.79. The van der Waals surface area contributed by atoms with Crippen molar-refractivity contribution in [1.29, 1.82) is 0 Å². The van der Waals surface area contributed by atoms with Crippen LogP contribution in [0.3, 0.4) is 0 Å². The van der Waals surface area contributed by atoms with Crippen LogP contribution >= 0.6 is 0 Å². The lowest BCUT2D eigenvalue weighted by Gasteiger charge is -2.33. The predicted molar refractivity (Wildman–Crippen MR) is 106 cm³/mol. The molecule has 2 saturated heterocycles. The Hall–Kier alpha value is -2.48. The van der Waals surface area contributed by atoms with Crippen molar-refractivity contribution in [2.24, 2.45) is 5.92 Å². The van der Waals surface area contributed by atoms with Crippen molar-refractivity contribution in [2.75, 3.05) is 38.0 Å². The molecule has 3 rings (SSSR count). The first-order chi connectivity index (χ1) is 13.5. The van der Waals surface area contributed by atoms with Gasteiger partial charge in [0.1, 0.15) is 0 Å². The summed E-state index contributed by atoms with van der Waals surface area (Å²) in [7, 11) is 0. The molecule has 0 spiro atoms. The summed E-state index contributed by atoms with van der Waals surface area (Å²) in [5, 5.41) is 13.8. The highest BCUT2D eigenvalue weighted by Crippen LogP contribution is 2.25. The number of anilines is 1. The molecule has 1 N–H and O–H groups in total. The van der Waals surface area contributed by atoms with Crippen LogP contribution in [0, 0.1) is 23.0 Å². The number of piperidine rings is 1. The van der Waals surface area contributed by atoms with Crippen molar-refractivity contribution >= 4 is 23.2 Å². The van der Waals surface area contributed by atoms with E-state index >= 15 is 0 Å². The van der Waals surface area contributed by atoms with E-state index in [0.717, 1.165) is 51.9 Å². The van der Waals surface area contributed by atoms with E-state index in [0.29, 0.717) is 30.1 Å². The summed E-state index contributed by atoms with van der Waals surface area (Å²) >= 11 is 0. The molecular formula is C20H28N4O4. The Bertz CT molecular complexity index is 738. The zero-order valence-corrected chi connectivity index (χ0v) is 16.4. The lowest BCUT2D eigenvalue weighted by Crippen LogP contribution is -2.42. The van der Waals surface area contributed by atoms with Crippen molar-refractivity contribution < 1.29 is 14.5 Å². The third kappa shape index (κ3) is 4.86. The topological polar surface area (TPSA) is 95.8 Å². The lowest BCUT2D eigenvalue weighted by atomic mass is 9.95. The fourth-order valence-corrected chi connectivity index (χ4v) is 4.03. The summed E-state index contributed by atoms with van der Waals surface area (Å²) in [5.74, 6) is 0.269. The van der Waals surface area contributed by atoms with E-state index in [1.54, 1.807) is 19.1 Å². The zero-order chi connectivity index (χ0) is 20.1. The average molecular weight is 388 g/mol. The Morgan fingerprint density at radius 3 is 2.50 bits per heavy atom. The number of nitro groups is 1. The second-order valence-electron chi connectivity index (χ2n) is 7.65. The zero-order valence-electron chi connectivity index (χ0n) is 16.4. The summed E-state index contributed by atoms with van der Waals surface area (Å²) in [4.78, 5) is 39.5. The number of hydrogen-bond donors (Lipinski definition) is 1. The number of amides is 2. The maximum absolute atomic E-state index is 12.5. The van der Waals surface area contributed by atoms with Gasteiger partial charge in [0, 0.05) is 38.0 Å². The van der Waals surface area contributed by atoms with Gasteiger partial charge in [0.15, 0.2) is 0 Å². The number of nitrogens with zero attached hydrogens (tertiary/aromatic N) is 3. The highest BCUT2D eigenvalue weighted by atomic mass is 16.6. The second kappa shape index (κ2) is 9.14. The number of carbonyl (C=O) groups excluding carboxylic acids is 2. The molecule has 8 nitrogen and oxygen atoms in total. The van der Waals surface area contributed by atoms with Gasteiger partial charge in [-0.2, -0.15) is 0 Å². The third-order valence-corrected chi connectivity index (χ3v) is 5.79. The molecule has 0 atom stereocenters. The normalized spacial score (nSPS) is 18.2. The van der Waals surface area contributed by atoms with Crippen LogP contribution in [0.2, 0.25) is 0 Å². The molecule has 2 fully saturated rings. The molecule has 0 aliphatic carbocycles. The standard InChI is InChI=1S/C20H28N4O4/c1-15-17(5-4-6-18(15)24(27)28)21-19(25)9-14-22-12-7-16(8-13-22)20(26)23-10-2-3-11-23/h4-6,16H,2-3,7-14H2,1H3,(H,21,25). The monoisotopic (exact) mass is 388 g/mol. The van der Waals surface area contributed by atoms with Gasteiger partial charge in [-0.3, -0.25) is 19.7 Å². The molecule has 2 aliphatic heterocycles. The van der Waals surface area contributed by atoms with Crippen LogP contribution in [0.15, 0.2) is 18.2 Å². The number of hydrogen-bond acceptors (Lipinski definition) is 5. The summed E-state index contributed by atoms with van der Waals surface area (Å²) < 4.78 is 0. The Morgan fingerprint density at radius 1 is 1.18 bits per heavy atom. The molecule has 1 aromatic rings. The van der Waals surface area contributed by atoms with E-state index < -0.39 is 4.92 Å². The average Bonchev–Trinajstić information content (AvgIpc) is 3.22. The van der Waals surface area contributed by atoms with Gasteiger partial charge in [-0.05, 0) is 51.8 Å². The quantitative estimate of drug-likeness (QED) is 0.597. The number of nitro benzene ring substituents is 1. The largest absolute Gasteiger partial charge is 0.342 e. The van der Waals surface area contributed by atoms with Gasteiger partial charge in [0.05, 0.1) is 16.2 Å². The summed E-state index contributed by atoms with van der Waals surface area (Å²) in [6, 6.07) is 4.68. The minimum absolute atomic E-state index is 0.00235. The number of nitrogens with one attached hydrogen (secondary N) is 1. The van der Waals surface area contributed by atoms with E-state index in [9.17, 15) is 19.7 Å². The van der Waals surface area contributed by atoms with Crippen LogP contribution in [0.5, 0.6) is 0 Å². The molecule has 2 heterocycles. The molecule has 1 aromatic carbocycles. The first kappa shape index (κ1) is 20.3. The van der Waals surface area contributed by atoms with Crippen LogP contribution < -0.4 is 5.32 Å². The molecule has 0 unspecified atom stereocenters. The van der Waals surface area contributed by atoms with E-state index in [4.69, 9.17) is 0 Å². The minimum Gasteiger partial charge on any atom is -0.342 e. The molecule has 2 amide bonds. The smallest absolute Gasteiger partial charge is 0.274 e. The molecule has 8 heteroatoms. The van der Waals surface area contributed by atoms with Gasteiger partial charge >= 0.3 is 0 Å². The highest BCUT2D eigenvalue weighted by Gasteiger charge is 2.29. The SMILES string of the molecule is Cc1c(NC(=O)CCN2CCC(C(=O)N3CCCC3)CC2)cccc1[N+](=O)[O-]. The Morgan fingerprint density at radius 2 is 1.86 bits per heavy atom. The summed E-state index contributed by atoms with van der Waals surface area (Å²) in [5.41, 5.74) is 0.943. The van der Waals surface area contributed by atoms with Crippen molar-refractivity contribution in [2.45, 2.75) is 39.0 Å². The van der Waals surface area contributed by atoms with E-state index in [1.807, 2.05) is 4.90 Å². The van der Waals surface area contributed by atoms with Crippen molar-refractivity contribution in [3.05, 3.63) is 33.9 Å². The van der Waals surface area contributed by atoms with Gasteiger partial charge in [-0.15, -0.1) is 0 Å². The lowest BCUT2D eigenvalue weighted by molar-refractivity contribution is -0.385. The highest BCUT2D eigenvalue weighted by molar-refractivity contribution is 5.92. The van der Waals surface area contributed by atoms with Crippen molar-refractivity contribution in [1.82, 2.24) is 9.80 Å². The van der Waals surface area contributed by atoms with Crippen LogP contribution in [0.25, 0.3) is 0 Å². The fraction of sp³-hybridized carbons (Fsp3) is 0.600. The number of benzene rings is 1. The number of likely N-dealkylation sites (tertiary alicyclic amines) is 2. The molecule has 0 aromatic heterocycles. The van der Waals surface area contributed by atoms with Gasteiger partial charge in [-0.25, -0.2) is 0 Å². The van der Waals surface area contributed by atoms with E-state index in [1.165, 1.54) is 6.07 Å². The number of rotatable bonds is 6. The summed E-state index contributed by atoms with van der Waals surface area (Å²) in [6.07, 6.45) is 4.25. The minimum atomic E-state index is -0.446. The van der Waals surface area contributed by atoms with Gasteiger partial charge in [0.2, 0.25) is 11.8 Å². The maximum atomic E-state index is 12.5. The second-order valence-corrected chi connectivity index (χ2v) is 7.65. The molecule has 2 aliphatic rings. The van der Waals surface area contributed by atoms with E-state index in [-0.39, 0.29) is 17.5 Å². The van der Waals surface area contributed by atoms with Crippen LogP contribution in [0.4, 0.5) is 11.4 Å². The van der Waals surface area contributed by atoms with Crippen molar-refractivity contribution in [3.8, 4) is 0 Å². The maximum Gasteiger partial charge on any atom is 0.274 e. The molecule has 152 valence electrons. The molecular weight excluding hydrogens is 360 g/mol. The van der Waals surface area contributed by atoms with Gasteiger partial charge in [0.25, 0.3) is 5.69 Å². The first-order valence-corrected chi connectivity index (χ1v) is 10.0. The number of carbonyl (C=O) groups is 2. The van der Waals surface area contributed by atoms with E-state index in [2.05, 4.69) is 10.2 Å². The van der Waals surface area contributed by atoms with Crippen LogP contribution in [-0.4, -0.2) is 59.3 Å². The predicted octanol–water partition coefficient (Wildman–Crippen LogP) is 2.57. The summed E-state index contributed by atoms with van der Waals surface area (Å²) in [6.45, 7) is 5.72. The Labute approximate surface area is 165 Å². The van der Waals surface area contributed by atoms with Gasteiger partial charge in [-0.1, -0.05) is 6.07 Å². The fourth-order valence-electron chi connectivity index (χ4n) is 4.03. The Kier molecular flexibility index (Phi) is 6.61. The van der Waals surface area contributed by atoms with Gasteiger partial charge < -0.3 is 15.1 Å². The first-order valence-electron chi connectivity index (χ1n) is 10.0. The molecule has 0 saturated carbocycles. The van der Waals surface area contributed by atoms with Crippen LogP contribution in [0.1, 0.15) is 37.7 Å².